The normalized spacial score (nSPS) is 30.2. The van der Waals surface area contributed by atoms with Crippen LogP contribution in [0, 0.1) is 0 Å². The van der Waals surface area contributed by atoms with Crippen molar-refractivity contribution in [3.05, 3.63) is 11.6 Å². The number of halogens is 3. The summed E-state index contributed by atoms with van der Waals surface area (Å²) in [6.45, 7) is 0. The van der Waals surface area contributed by atoms with Crippen molar-refractivity contribution in [3.8, 4) is 0 Å². The molecule has 0 saturated heterocycles. The van der Waals surface area contributed by atoms with Crippen LogP contribution in [0.4, 0.5) is 13.2 Å². The number of allylic oxidation sites excluding steroid dienone is 1. The molecule has 0 unspecified atom stereocenters. The molecule has 2 N–H and O–H groups in total. The van der Waals surface area contributed by atoms with Gasteiger partial charge in [-0.25, -0.2) is 0 Å². The van der Waals surface area contributed by atoms with Gasteiger partial charge in [0.1, 0.15) is 6.10 Å². The minimum atomic E-state index is -4.77. The average molecular weight is 196 g/mol. The van der Waals surface area contributed by atoms with Crippen LogP contribution in [0.15, 0.2) is 11.6 Å². The highest BCUT2D eigenvalue weighted by molar-refractivity contribution is 5.92. The van der Waals surface area contributed by atoms with Crippen LogP contribution in [0.3, 0.4) is 0 Å². The molecule has 0 saturated carbocycles. The number of hydrogen-bond donors (Lipinski definition) is 2. The van der Waals surface area contributed by atoms with E-state index in [9.17, 15) is 18.0 Å². The van der Waals surface area contributed by atoms with Gasteiger partial charge in [0.05, 0.1) is 11.7 Å². The Morgan fingerprint density at radius 1 is 1.38 bits per heavy atom. The zero-order valence-electron chi connectivity index (χ0n) is 6.38. The Kier molecular flexibility index (Phi) is 2.44. The van der Waals surface area contributed by atoms with Crippen molar-refractivity contribution >= 4 is 5.78 Å². The first-order valence-corrected chi connectivity index (χ1v) is 3.50. The molecule has 2 atom stereocenters. The van der Waals surface area contributed by atoms with Crippen molar-refractivity contribution in [1.29, 1.82) is 0 Å². The standard InChI is InChI=1S/C7H7F3O3/c8-7(9,10)4-1-3(11)2-5(12)6(4)13/h1,5-6,12-13H,2H2/t5-,6+/m0/s1. The summed E-state index contributed by atoms with van der Waals surface area (Å²) in [6.07, 6.45) is -8.58. The van der Waals surface area contributed by atoms with E-state index < -0.39 is 36.2 Å². The van der Waals surface area contributed by atoms with Crippen molar-refractivity contribution in [2.24, 2.45) is 0 Å². The van der Waals surface area contributed by atoms with Crippen LogP contribution in [0.25, 0.3) is 0 Å². The summed E-state index contributed by atoms with van der Waals surface area (Å²) in [5.74, 6) is -0.829. The minimum absolute atomic E-state index is 0.331. The molecule has 0 radical (unpaired) electrons. The van der Waals surface area contributed by atoms with Crippen molar-refractivity contribution < 1.29 is 28.2 Å². The van der Waals surface area contributed by atoms with Crippen LogP contribution in [-0.4, -0.2) is 34.4 Å². The van der Waals surface area contributed by atoms with Gasteiger partial charge in [-0.05, 0) is 6.08 Å². The molecule has 6 heteroatoms. The minimum Gasteiger partial charge on any atom is -0.390 e. The lowest BCUT2D eigenvalue weighted by Gasteiger charge is -2.25. The number of aliphatic hydroxyl groups is 2. The van der Waals surface area contributed by atoms with Crippen LogP contribution in [0.1, 0.15) is 6.42 Å². The lowest BCUT2D eigenvalue weighted by atomic mass is 9.93. The Morgan fingerprint density at radius 2 is 1.92 bits per heavy atom. The molecule has 0 bridgehead atoms. The van der Waals surface area contributed by atoms with Gasteiger partial charge in [0.2, 0.25) is 0 Å². The summed E-state index contributed by atoms with van der Waals surface area (Å²) < 4.78 is 36.1. The molecule has 0 aromatic heterocycles. The first kappa shape index (κ1) is 10.2. The van der Waals surface area contributed by atoms with Crippen molar-refractivity contribution in [3.63, 3.8) is 0 Å². The fourth-order valence-electron chi connectivity index (χ4n) is 1.09. The second-order valence-corrected chi connectivity index (χ2v) is 2.78. The molecule has 74 valence electrons. The third kappa shape index (κ3) is 2.07. The summed E-state index contributed by atoms with van der Waals surface area (Å²) in [5.41, 5.74) is -1.38. The van der Waals surface area contributed by atoms with E-state index in [0.717, 1.165) is 0 Å². The van der Waals surface area contributed by atoms with Gasteiger partial charge < -0.3 is 10.2 Å². The molecule has 1 aliphatic carbocycles. The summed E-state index contributed by atoms with van der Waals surface area (Å²) in [4.78, 5) is 10.6. The van der Waals surface area contributed by atoms with E-state index in [2.05, 4.69) is 0 Å². The molecule has 13 heavy (non-hydrogen) atoms. The highest BCUT2D eigenvalue weighted by atomic mass is 19.4. The summed E-state index contributed by atoms with van der Waals surface area (Å²) in [6, 6.07) is 0. The Morgan fingerprint density at radius 3 is 2.38 bits per heavy atom. The lowest BCUT2D eigenvalue weighted by Crippen LogP contribution is -2.39. The Labute approximate surface area is 71.5 Å². The molecule has 0 aromatic carbocycles. The first-order valence-electron chi connectivity index (χ1n) is 3.50. The molecule has 0 fully saturated rings. The second kappa shape index (κ2) is 3.12. The first-order chi connectivity index (χ1) is 5.82. The Hall–Kier alpha value is -0.880. The average Bonchev–Trinajstić information content (AvgIpc) is 1.94. The molecular weight excluding hydrogens is 189 g/mol. The van der Waals surface area contributed by atoms with Gasteiger partial charge in [-0.15, -0.1) is 0 Å². The van der Waals surface area contributed by atoms with Crippen molar-refractivity contribution in [2.75, 3.05) is 0 Å². The number of aliphatic hydroxyl groups excluding tert-OH is 2. The number of rotatable bonds is 0. The third-order valence-electron chi connectivity index (χ3n) is 1.74. The summed E-state index contributed by atoms with van der Waals surface area (Å²) in [7, 11) is 0. The van der Waals surface area contributed by atoms with Gasteiger partial charge >= 0.3 is 6.18 Å². The molecule has 0 amide bonds. The van der Waals surface area contributed by atoms with E-state index in [4.69, 9.17) is 10.2 Å². The zero-order valence-corrected chi connectivity index (χ0v) is 6.38. The predicted octanol–water partition coefficient (Wildman–Crippen LogP) is 0.170. The van der Waals surface area contributed by atoms with E-state index in [1.54, 1.807) is 0 Å². The van der Waals surface area contributed by atoms with Gasteiger partial charge in [0.15, 0.2) is 5.78 Å². The molecule has 1 rings (SSSR count). The quantitative estimate of drug-likeness (QED) is 0.580. The lowest BCUT2D eigenvalue weighted by molar-refractivity contribution is -0.131. The fraction of sp³-hybridized carbons (Fsp3) is 0.571. The van der Waals surface area contributed by atoms with E-state index in [1.165, 1.54) is 0 Å². The number of carbonyl (C=O) groups excluding carboxylic acids is 1. The van der Waals surface area contributed by atoms with Gasteiger partial charge in [0.25, 0.3) is 0 Å². The highest BCUT2D eigenvalue weighted by Crippen LogP contribution is 2.32. The summed E-state index contributed by atoms with van der Waals surface area (Å²) in [5, 5.41) is 17.8. The van der Waals surface area contributed by atoms with Crippen LogP contribution in [-0.2, 0) is 4.79 Å². The van der Waals surface area contributed by atoms with Crippen molar-refractivity contribution in [2.45, 2.75) is 24.8 Å². The second-order valence-electron chi connectivity index (χ2n) is 2.78. The van der Waals surface area contributed by atoms with Gasteiger partial charge in [0, 0.05) is 6.42 Å². The van der Waals surface area contributed by atoms with Gasteiger partial charge in [-0.1, -0.05) is 0 Å². The molecule has 3 nitrogen and oxygen atoms in total. The van der Waals surface area contributed by atoms with Crippen molar-refractivity contribution in [1.82, 2.24) is 0 Å². The maximum absolute atomic E-state index is 12.0. The molecule has 0 aliphatic heterocycles. The predicted molar refractivity (Wildman–Crippen MR) is 35.8 cm³/mol. The van der Waals surface area contributed by atoms with E-state index in [-0.39, 0.29) is 0 Å². The smallest absolute Gasteiger partial charge is 0.390 e. The maximum atomic E-state index is 12.0. The van der Waals surface area contributed by atoms with E-state index in [1.807, 2.05) is 0 Å². The number of alkyl halides is 3. The Bertz CT molecular complexity index is 256. The number of carbonyl (C=O) groups is 1. The topological polar surface area (TPSA) is 57.5 Å². The highest BCUT2D eigenvalue weighted by Gasteiger charge is 2.43. The molecule has 0 aromatic rings. The fourth-order valence-corrected chi connectivity index (χ4v) is 1.09. The Balaban J connectivity index is 3.00. The maximum Gasteiger partial charge on any atom is 0.415 e. The SMILES string of the molecule is O=C1C=C(C(F)(F)F)[C@@H](O)[C@@H](O)C1. The number of ketones is 1. The number of hydrogen-bond acceptors (Lipinski definition) is 3. The third-order valence-corrected chi connectivity index (χ3v) is 1.74. The van der Waals surface area contributed by atoms with Crippen LogP contribution in [0.5, 0.6) is 0 Å². The van der Waals surface area contributed by atoms with E-state index >= 15 is 0 Å². The molecule has 0 spiro atoms. The van der Waals surface area contributed by atoms with Crippen LogP contribution < -0.4 is 0 Å². The monoisotopic (exact) mass is 196 g/mol. The van der Waals surface area contributed by atoms with Gasteiger partial charge in [-0.3, -0.25) is 4.79 Å². The summed E-state index contributed by atoms with van der Waals surface area (Å²) >= 11 is 0. The van der Waals surface area contributed by atoms with Crippen LogP contribution >= 0.6 is 0 Å². The molecule has 1 aliphatic rings. The van der Waals surface area contributed by atoms with E-state index in [0.29, 0.717) is 6.08 Å². The molecule has 0 heterocycles. The van der Waals surface area contributed by atoms with Gasteiger partial charge in [-0.2, -0.15) is 13.2 Å². The zero-order chi connectivity index (χ0) is 10.2. The molecular formula is C7H7F3O3. The largest absolute Gasteiger partial charge is 0.415 e. The van der Waals surface area contributed by atoms with Crippen LogP contribution in [0.2, 0.25) is 0 Å².